The quantitative estimate of drug-likeness (QED) is 0.568. The third-order valence-electron chi connectivity index (χ3n) is 2.82. The highest BCUT2D eigenvalue weighted by Gasteiger charge is 2.23. The van der Waals surface area contributed by atoms with Crippen LogP contribution in [-0.4, -0.2) is 29.4 Å². The first kappa shape index (κ1) is 16.2. The van der Waals surface area contributed by atoms with E-state index >= 15 is 0 Å². The van der Waals surface area contributed by atoms with Crippen LogP contribution in [0.3, 0.4) is 0 Å². The Morgan fingerprint density at radius 2 is 2.00 bits per heavy atom. The van der Waals surface area contributed by atoms with Gasteiger partial charge in [0, 0.05) is 5.56 Å². The zero-order valence-electron chi connectivity index (χ0n) is 11.2. The average Bonchev–Trinajstić information content (AvgIpc) is 2.40. The number of halogens is 2. The molecule has 0 amide bonds. The van der Waals surface area contributed by atoms with Crippen LogP contribution in [-0.2, 0) is 4.79 Å². The molecule has 1 atom stereocenters. The van der Waals surface area contributed by atoms with Crippen LogP contribution >= 0.6 is 0 Å². The summed E-state index contributed by atoms with van der Waals surface area (Å²) in [6, 6.07) is 1.85. The van der Waals surface area contributed by atoms with Crippen molar-refractivity contribution in [2.45, 2.75) is 32.2 Å². The Kier molecular flexibility index (Phi) is 6.24. The van der Waals surface area contributed by atoms with E-state index in [2.05, 4.69) is 5.32 Å². The molecule has 1 aromatic carbocycles. The first-order valence-corrected chi connectivity index (χ1v) is 6.40. The summed E-state index contributed by atoms with van der Waals surface area (Å²) < 4.78 is 25.9. The van der Waals surface area contributed by atoms with Crippen molar-refractivity contribution in [2.75, 3.05) is 6.54 Å². The van der Waals surface area contributed by atoms with Crippen molar-refractivity contribution >= 4 is 11.8 Å². The molecule has 0 aliphatic rings. The van der Waals surface area contributed by atoms with E-state index in [0.29, 0.717) is 6.54 Å². The summed E-state index contributed by atoms with van der Waals surface area (Å²) in [6.07, 6.45) is 1.29. The van der Waals surface area contributed by atoms with Gasteiger partial charge in [-0.3, -0.25) is 9.59 Å². The number of hydrogen-bond donors (Lipinski definition) is 2. The van der Waals surface area contributed by atoms with Crippen LogP contribution in [0, 0.1) is 11.6 Å². The molecule has 0 saturated carbocycles. The highest BCUT2D eigenvalue weighted by molar-refractivity contribution is 6.01. The molecule has 1 unspecified atom stereocenters. The average molecular weight is 285 g/mol. The maximum absolute atomic E-state index is 13.1. The number of unbranched alkanes of at least 4 members (excludes halogenated alkanes) is 1. The van der Waals surface area contributed by atoms with E-state index < -0.39 is 35.8 Å². The van der Waals surface area contributed by atoms with E-state index in [4.69, 9.17) is 5.11 Å². The number of aliphatic carboxylic acids is 1. The van der Waals surface area contributed by atoms with Crippen molar-refractivity contribution in [2.24, 2.45) is 0 Å². The van der Waals surface area contributed by atoms with Crippen LogP contribution in [0.1, 0.15) is 36.5 Å². The Balaban J connectivity index is 2.84. The lowest BCUT2D eigenvalue weighted by Gasteiger charge is -2.15. The molecule has 0 bridgehead atoms. The second-order valence-corrected chi connectivity index (χ2v) is 4.45. The standard InChI is InChI=1S/C14H17F2NO3/c1-2-3-6-17-12(8-13(18)19)14(20)9-4-5-10(15)11(16)7-9/h4-5,7,12,17H,2-3,6,8H2,1H3,(H,18,19). The smallest absolute Gasteiger partial charge is 0.305 e. The summed E-state index contributed by atoms with van der Waals surface area (Å²) in [5.74, 6) is -3.86. The van der Waals surface area contributed by atoms with E-state index in [1.165, 1.54) is 0 Å². The Labute approximate surface area is 115 Å². The number of carboxylic acids is 1. The minimum absolute atomic E-state index is 0.0425. The predicted molar refractivity (Wildman–Crippen MR) is 69.6 cm³/mol. The molecule has 1 aromatic rings. The van der Waals surface area contributed by atoms with Gasteiger partial charge in [-0.1, -0.05) is 13.3 Å². The Morgan fingerprint density at radius 1 is 1.30 bits per heavy atom. The molecule has 20 heavy (non-hydrogen) atoms. The molecular formula is C14H17F2NO3. The van der Waals surface area contributed by atoms with E-state index in [1.54, 1.807) is 0 Å². The Hall–Kier alpha value is -1.82. The summed E-state index contributed by atoms with van der Waals surface area (Å²) in [7, 11) is 0. The lowest BCUT2D eigenvalue weighted by atomic mass is 10.0. The second-order valence-electron chi connectivity index (χ2n) is 4.45. The summed E-state index contributed by atoms with van der Waals surface area (Å²) in [4.78, 5) is 22.9. The number of rotatable bonds is 8. The van der Waals surface area contributed by atoms with Crippen molar-refractivity contribution in [1.29, 1.82) is 0 Å². The van der Waals surface area contributed by atoms with Gasteiger partial charge in [0.2, 0.25) is 0 Å². The number of ketones is 1. The third-order valence-corrected chi connectivity index (χ3v) is 2.82. The molecule has 1 rings (SSSR count). The van der Waals surface area contributed by atoms with Crippen LogP contribution in [0.4, 0.5) is 8.78 Å². The highest BCUT2D eigenvalue weighted by atomic mass is 19.2. The summed E-state index contributed by atoms with van der Waals surface area (Å²) in [5.41, 5.74) is -0.0425. The number of benzene rings is 1. The third kappa shape index (κ3) is 4.70. The lowest BCUT2D eigenvalue weighted by molar-refractivity contribution is -0.137. The maximum atomic E-state index is 13.1. The molecule has 4 nitrogen and oxygen atoms in total. The van der Waals surface area contributed by atoms with Crippen molar-refractivity contribution in [3.8, 4) is 0 Å². The van der Waals surface area contributed by atoms with E-state index in [-0.39, 0.29) is 5.56 Å². The fraction of sp³-hybridized carbons (Fsp3) is 0.429. The van der Waals surface area contributed by atoms with Crippen LogP contribution in [0.2, 0.25) is 0 Å². The Bertz CT molecular complexity index is 491. The van der Waals surface area contributed by atoms with Gasteiger partial charge in [-0.25, -0.2) is 8.78 Å². The van der Waals surface area contributed by atoms with Crippen molar-refractivity contribution in [3.05, 3.63) is 35.4 Å². The van der Waals surface area contributed by atoms with Crippen molar-refractivity contribution in [3.63, 3.8) is 0 Å². The van der Waals surface area contributed by atoms with Crippen LogP contribution in [0.5, 0.6) is 0 Å². The van der Waals surface area contributed by atoms with Crippen LogP contribution in [0.15, 0.2) is 18.2 Å². The number of carbonyl (C=O) groups is 2. The number of carboxylic acid groups (broad SMARTS) is 1. The second kappa shape index (κ2) is 7.69. The molecule has 0 aromatic heterocycles. The van der Waals surface area contributed by atoms with E-state index in [9.17, 15) is 18.4 Å². The molecule has 0 aliphatic heterocycles. The van der Waals surface area contributed by atoms with Crippen LogP contribution in [0.25, 0.3) is 0 Å². The first-order valence-electron chi connectivity index (χ1n) is 6.40. The molecule has 0 saturated heterocycles. The molecule has 0 heterocycles. The zero-order chi connectivity index (χ0) is 15.1. The number of Topliss-reactive ketones (excluding diaryl/α,β-unsaturated/α-hetero) is 1. The highest BCUT2D eigenvalue weighted by Crippen LogP contribution is 2.12. The fourth-order valence-corrected chi connectivity index (χ4v) is 1.74. The SMILES string of the molecule is CCCCNC(CC(=O)O)C(=O)c1ccc(F)c(F)c1. The molecule has 2 N–H and O–H groups in total. The summed E-state index contributed by atoms with van der Waals surface area (Å²) in [6.45, 7) is 2.45. The number of carbonyl (C=O) groups excluding carboxylic acids is 1. The molecule has 0 radical (unpaired) electrons. The van der Waals surface area contributed by atoms with Crippen molar-refractivity contribution in [1.82, 2.24) is 5.32 Å². The number of hydrogen-bond acceptors (Lipinski definition) is 3. The van der Waals surface area contributed by atoms with Gasteiger partial charge in [-0.05, 0) is 31.2 Å². The molecular weight excluding hydrogens is 268 g/mol. The van der Waals surface area contributed by atoms with Gasteiger partial charge in [0.15, 0.2) is 17.4 Å². The molecule has 6 heteroatoms. The van der Waals surface area contributed by atoms with Gasteiger partial charge in [0.1, 0.15) is 0 Å². The summed E-state index contributed by atoms with van der Waals surface area (Å²) in [5, 5.41) is 11.6. The van der Waals surface area contributed by atoms with E-state index in [0.717, 1.165) is 31.0 Å². The number of nitrogens with one attached hydrogen (secondary N) is 1. The van der Waals surface area contributed by atoms with Gasteiger partial charge < -0.3 is 10.4 Å². The van der Waals surface area contributed by atoms with Crippen LogP contribution < -0.4 is 5.32 Å². The Morgan fingerprint density at radius 3 is 2.55 bits per heavy atom. The predicted octanol–water partition coefficient (Wildman–Crippen LogP) is 2.38. The molecule has 0 fully saturated rings. The van der Waals surface area contributed by atoms with Gasteiger partial charge in [-0.2, -0.15) is 0 Å². The minimum atomic E-state index is -1.13. The lowest BCUT2D eigenvalue weighted by Crippen LogP contribution is -2.39. The molecule has 0 aliphatic carbocycles. The van der Waals surface area contributed by atoms with Gasteiger partial charge in [-0.15, -0.1) is 0 Å². The monoisotopic (exact) mass is 285 g/mol. The van der Waals surface area contributed by atoms with Crippen molar-refractivity contribution < 1.29 is 23.5 Å². The topological polar surface area (TPSA) is 66.4 Å². The first-order chi connectivity index (χ1) is 9.45. The maximum Gasteiger partial charge on any atom is 0.305 e. The van der Waals surface area contributed by atoms with Gasteiger partial charge in [0.05, 0.1) is 12.5 Å². The zero-order valence-corrected chi connectivity index (χ0v) is 11.2. The summed E-state index contributed by atoms with van der Waals surface area (Å²) >= 11 is 0. The molecule has 110 valence electrons. The largest absolute Gasteiger partial charge is 0.481 e. The van der Waals surface area contributed by atoms with Gasteiger partial charge >= 0.3 is 5.97 Å². The van der Waals surface area contributed by atoms with E-state index in [1.807, 2.05) is 6.92 Å². The fourth-order valence-electron chi connectivity index (χ4n) is 1.74. The normalized spacial score (nSPS) is 12.2. The van der Waals surface area contributed by atoms with Gasteiger partial charge in [0.25, 0.3) is 0 Å². The molecule has 0 spiro atoms. The minimum Gasteiger partial charge on any atom is -0.481 e.